The van der Waals surface area contributed by atoms with Crippen molar-refractivity contribution in [2.24, 2.45) is 5.73 Å². The van der Waals surface area contributed by atoms with Crippen molar-refractivity contribution in [2.45, 2.75) is 25.0 Å². The predicted molar refractivity (Wildman–Crippen MR) is 63.5 cm³/mol. The minimum atomic E-state index is -1.89. The van der Waals surface area contributed by atoms with Gasteiger partial charge in [0.1, 0.15) is 6.61 Å². The fraction of sp³-hybridized carbons (Fsp3) is 0.308. The van der Waals surface area contributed by atoms with Gasteiger partial charge < -0.3 is 15.2 Å². The number of ether oxygens (including phenoxy) is 2. The third-order valence-corrected chi connectivity index (χ3v) is 2.87. The Kier molecular flexibility index (Phi) is 3.62. The van der Waals surface area contributed by atoms with Gasteiger partial charge in [0.25, 0.3) is 0 Å². The third kappa shape index (κ3) is 2.79. The average Bonchev–Trinajstić information content (AvgIpc) is 2.42. The zero-order chi connectivity index (χ0) is 13.9. The van der Waals surface area contributed by atoms with Crippen LogP contribution >= 0.6 is 0 Å². The van der Waals surface area contributed by atoms with Crippen molar-refractivity contribution in [3.8, 4) is 0 Å². The molecule has 2 N–H and O–H groups in total. The van der Waals surface area contributed by atoms with E-state index in [4.69, 9.17) is 10.5 Å². The van der Waals surface area contributed by atoms with E-state index in [9.17, 15) is 14.4 Å². The monoisotopic (exact) mass is 263 g/mol. The van der Waals surface area contributed by atoms with Crippen LogP contribution in [0.1, 0.15) is 18.4 Å². The molecule has 1 unspecified atom stereocenters. The molecule has 1 aliphatic heterocycles. The van der Waals surface area contributed by atoms with Crippen molar-refractivity contribution in [1.82, 2.24) is 0 Å². The molecule has 1 saturated heterocycles. The minimum Gasteiger partial charge on any atom is -0.459 e. The standard InChI is InChI=1S/C13H13NO5/c14-13(7-6-10(15)19-12(13)17)11(16)18-8-9-4-2-1-3-5-9/h1-5H,6-8,14H2. The molecule has 100 valence electrons. The van der Waals surface area contributed by atoms with Crippen LogP contribution in [0.3, 0.4) is 0 Å². The molecule has 1 aliphatic rings. The number of hydrogen-bond donors (Lipinski definition) is 1. The van der Waals surface area contributed by atoms with E-state index in [1.54, 1.807) is 24.3 Å². The first-order valence-electron chi connectivity index (χ1n) is 5.77. The van der Waals surface area contributed by atoms with Gasteiger partial charge in [-0.1, -0.05) is 30.3 Å². The summed E-state index contributed by atoms with van der Waals surface area (Å²) in [6.45, 7) is 0.0137. The van der Waals surface area contributed by atoms with Crippen LogP contribution in [0.2, 0.25) is 0 Å². The molecule has 0 amide bonds. The fourth-order valence-corrected chi connectivity index (χ4v) is 1.68. The maximum Gasteiger partial charge on any atom is 0.345 e. The lowest BCUT2D eigenvalue weighted by Gasteiger charge is -2.27. The van der Waals surface area contributed by atoms with Gasteiger partial charge in [-0.05, 0) is 12.0 Å². The Morgan fingerprint density at radius 3 is 2.63 bits per heavy atom. The zero-order valence-electron chi connectivity index (χ0n) is 10.1. The van der Waals surface area contributed by atoms with Crippen LogP contribution < -0.4 is 5.73 Å². The SMILES string of the molecule is NC1(C(=O)OCc2ccccc2)CCC(=O)OC1=O. The molecule has 0 bridgehead atoms. The molecule has 6 nitrogen and oxygen atoms in total. The molecular weight excluding hydrogens is 250 g/mol. The molecule has 0 saturated carbocycles. The summed E-state index contributed by atoms with van der Waals surface area (Å²) in [4.78, 5) is 34.3. The smallest absolute Gasteiger partial charge is 0.345 e. The molecule has 1 aromatic carbocycles. The van der Waals surface area contributed by atoms with E-state index in [-0.39, 0.29) is 19.4 Å². The van der Waals surface area contributed by atoms with E-state index in [1.807, 2.05) is 6.07 Å². The number of benzene rings is 1. The van der Waals surface area contributed by atoms with Gasteiger partial charge in [0, 0.05) is 6.42 Å². The van der Waals surface area contributed by atoms with Gasteiger partial charge in [-0.3, -0.25) is 4.79 Å². The lowest BCUT2D eigenvalue weighted by Crippen LogP contribution is -2.59. The van der Waals surface area contributed by atoms with Gasteiger partial charge in [0.15, 0.2) is 0 Å². The molecular formula is C13H13NO5. The normalized spacial score (nSPS) is 22.8. The highest BCUT2D eigenvalue weighted by Gasteiger charge is 2.49. The van der Waals surface area contributed by atoms with Crippen LogP contribution in [0.5, 0.6) is 0 Å². The maximum absolute atomic E-state index is 11.9. The van der Waals surface area contributed by atoms with Crippen LogP contribution in [-0.2, 0) is 30.5 Å². The second-order valence-electron chi connectivity index (χ2n) is 4.29. The summed E-state index contributed by atoms with van der Waals surface area (Å²) in [5.74, 6) is -2.61. The molecule has 2 rings (SSSR count). The van der Waals surface area contributed by atoms with Crippen molar-refractivity contribution in [3.63, 3.8) is 0 Å². The second-order valence-corrected chi connectivity index (χ2v) is 4.29. The van der Waals surface area contributed by atoms with E-state index in [2.05, 4.69) is 4.74 Å². The number of nitrogens with two attached hydrogens (primary N) is 1. The van der Waals surface area contributed by atoms with Gasteiger partial charge in [0.05, 0.1) is 0 Å². The molecule has 0 spiro atoms. The second kappa shape index (κ2) is 5.19. The molecule has 19 heavy (non-hydrogen) atoms. The van der Waals surface area contributed by atoms with Gasteiger partial charge in [0.2, 0.25) is 5.54 Å². The molecule has 1 aromatic rings. The van der Waals surface area contributed by atoms with Crippen molar-refractivity contribution in [2.75, 3.05) is 0 Å². The third-order valence-electron chi connectivity index (χ3n) is 2.87. The number of carbonyl (C=O) groups is 3. The van der Waals surface area contributed by atoms with E-state index in [0.29, 0.717) is 0 Å². The highest BCUT2D eigenvalue weighted by atomic mass is 16.6. The Labute approximate surface area is 109 Å². The maximum atomic E-state index is 11.9. The Balaban J connectivity index is 1.99. The van der Waals surface area contributed by atoms with Crippen molar-refractivity contribution in [3.05, 3.63) is 35.9 Å². The molecule has 0 aliphatic carbocycles. The van der Waals surface area contributed by atoms with Gasteiger partial charge in [-0.2, -0.15) is 0 Å². The number of cyclic esters (lactones) is 2. The van der Waals surface area contributed by atoms with Gasteiger partial charge >= 0.3 is 17.9 Å². The highest BCUT2D eigenvalue weighted by Crippen LogP contribution is 2.21. The Morgan fingerprint density at radius 2 is 2.00 bits per heavy atom. The number of esters is 3. The first-order chi connectivity index (χ1) is 9.02. The van der Waals surface area contributed by atoms with Crippen LogP contribution in [0.15, 0.2) is 30.3 Å². The summed E-state index contributed by atoms with van der Waals surface area (Å²) in [5, 5.41) is 0. The van der Waals surface area contributed by atoms with Crippen LogP contribution in [0.25, 0.3) is 0 Å². The fourth-order valence-electron chi connectivity index (χ4n) is 1.68. The summed E-state index contributed by atoms with van der Waals surface area (Å²) >= 11 is 0. The van der Waals surface area contributed by atoms with E-state index < -0.39 is 23.4 Å². The van der Waals surface area contributed by atoms with Gasteiger partial charge in [-0.25, -0.2) is 9.59 Å². The number of carbonyl (C=O) groups excluding carboxylic acids is 3. The highest BCUT2D eigenvalue weighted by molar-refractivity contribution is 6.09. The van der Waals surface area contributed by atoms with Crippen molar-refractivity contribution >= 4 is 17.9 Å². The van der Waals surface area contributed by atoms with E-state index >= 15 is 0 Å². The Hall–Kier alpha value is -2.21. The molecule has 0 radical (unpaired) electrons. The molecule has 0 aromatic heterocycles. The van der Waals surface area contributed by atoms with Crippen molar-refractivity contribution < 1.29 is 23.9 Å². The summed E-state index contributed by atoms with van der Waals surface area (Å²) in [6, 6.07) is 8.99. The quantitative estimate of drug-likeness (QED) is 0.622. The summed E-state index contributed by atoms with van der Waals surface area (Å²) in [6.07, 6.45) is -0.180. The predicted octanol–water partition coefficient (Wildman–Crippen LogP) is 0.291. The first-order valence-corrected chi connectivity index (χ1v) is 5.77. The number of rotatable bonds is 3. The molecule has 6 heteroatoms. The first kappa shape index (κ1) is 13.2. The van der Waals surface area contributed by atoms with Crippen molar-refractivity contribution in [1.29, 1.82) is 0 Å². The summed E-state index contributed by atoms with van der Waals surface area (Å²) < 4.78 is 9.37. The van der Waals surface area contributed by atoms with Crippen LogP contribution in [-0.4, -0.2) is 23.4 Å². The van der Waals surface area contributed by atoms with E-state index in [1.165, 1.54) is 0 Å². The topological polar surface area (TPSA) is 95.7 Å². The lowest BCUT2D eigenvalue weighted by atomic mass is 9.93. The van der Waals surface area contributed by atoms with Gasteiger partial charge in [-0.15, -0.1) is 0 Å². The average molecular weight is 263 g/mol. The Bertz CT molecular complexity index is 513. The van der Waals surface area contributed by atoms with Crippen LogP contribution in [0.4, 0.5) is 0 Å². The largest absolute Gasteiger partial charge is 0.459 e. The Morgan fingerprint density at radius 1 is 1.32 bits per heavy atom. The lowest BCUT2D eigenvalue weighted by molar-refractivity contribution is -0.176. The molecule has 1 atom stereocenters. The van der Waals surface area contributed by atoms with Crippen LogP contribution in [0, 0.1) is 0 Å². The molecule has 1 heterocycles. The zero-order valence-corrected chi connectivity index (χ0v) is 10.1. The summed E-state index contributed by atoms with van der Waals surface area (Å²) in [7, 11) is 0. The van der Waals surface area contributed by atoms with E-state index in [0.717, 1.165) is 5.56 Å². The summed E-state index contributed by atoms with van der Waals surface area (Å²) in [5.41, 5.74) is 4.56. The molecule has 1 fully saturated rings. The number of hydrogen-bond acceptors (Lipinski definition) is 6. The minimum absolute atomic E-state index is 0.0137.